The van der Waals surface area contributed by atoms with Gasteiger partial charge >= 0.3 is 25.7 Å². The van der Waals surface area contributed by atoms with Gasteiger partial charge in [-0.1, -0.05) is 234 Å². The molecule has 0 aromatic heterocycles. The number of phosphoric ester groups is 1. The third kappa shape index (κ3) is 59.0. The highest BCUT2D eigenvalue weighted by Crippen LogP contribution is 2.43. The van der Waals surface area contributed by atoms with Crippen molar-refractivity contribution in [3.63, 3.8) is 0 Å². The first kappa shape index (κ1) is 76.4. The first-order valence-electron chi connectivity index (χ1n) is 32.1. The highest BCUT2D eigenvalue weighted by Gasteiger charge is 2.28. The van der Waals surface area contributed by atoms with E-state index in [1.54, 1.807) is 0 Å². The maximum absolute atomic E-state index is 13.0. The molecule has 3 unspecified atom stereocenters. The van der Waals surface area contributed by atoms with Crippen molar-refractivity contribution in [2.24, 2.45) is 0 Å². The summed E-state index contributed by atoms with van der Waals surface area (Å²) in [6.07, 6.45) is 73.6. The summed E-state index contributed by atoms with van der Waals surface area (Å²) in [5, 5.41) is 9.84. The van der Waals surface area contributed by atoms with E-state index < -0.39 is 57.8 Å². The van der Waals surface area contributed by atoms with Gasteiger partial charge in [0.15, 0.2) is 6.10 Å². The summed E-state index contributed by atoms with van der Waals surface area (Å²) in [5.74, 6) is -1.52. The number of rotatable bonds is 59. The van der Waals surface area contributed by atoms with Crippen LogP contribution in [0.15, 0.2) is 97.2 Å². The molecule has 0 spiro atoms. The van der Waals surface area contributed by atoms with Gasteiger partial charge in [-0.25, -0.2) is 4.57 Å². The molecule has 3 atom stereocenters. The Morgan fingerprint density at radius 1 is 0.362 bits per heavy atom. The molecule has 0 radical (unpaired) electrons. The minimum Gasteiger partial charge on any atom is -0.462 e. The molecule has 0 saturated carbocycles. The van der Waals surface area contributed by atoms with Crippen LogP contribution in [0.5, 0.6) is 0 Å². The number of carbonyl (C=O) groups is 3. The number of aliphatic hydroxyl groups is 1. The van der Waals surface area contributed by atoms with Crippen LogP contribution in [-0.2, 0) is 42.2 Å². The zero-order valence-corrected chi connectivity index (χ0v) is 51.9. The molecule has 0 aliphatic rings. The van der Waals surface area contributed by atoms with Crippen LogP contribution in [0.1, 0.15) is 278 Å². The van der Waals surface area contributed by atoms with E-state index in [4.69, 9.17) is 23.3 Å². The van der Waals surface area contributed by atoms with Crippen molar-refractivity contribution in [1.82, 2.24) is 0 Å². The Hall–Kier alpha value is -3.60. The van der Waals surface area contributed by atoms with Gasteiger partial charge in [0.2, 0.25) is 0 Å². The van der Waals surface area contributed by atoms with Gasteiger partial charge in [0.05, 0.1) is 19.8 Å². The van der Waals surface area contributed by atoms with Gasteiger partial charge in [0.25, 0.3) is 0 Å². The molecule has 12 heteroatoms. The fourth-order valence-electron chi connectivity index (χ4n) is 8.58. The molecule has 0 aromatic rings. The van der Waals surface area contributed by atoms with Crippen LogP contribution >= 0.6 is 7.82 Å². The maximum Gasteiger partial charge on any atom is 0.472 e. The zero-order chi connectivity index (χ0) is 58.3. The van der Waals surface area contributed by atoms with E-state index in [0.717, 1.165) is 109 Å². The second-order valence-corrected chi connectivity index (χ2v) is 22.6. The largest absolute Gasteiger partial charge is 0.472 e. The number of hydrogen-bond donors (Lipinski definition) is 2. The summed E-state index contributed by atoms with van der Waals surface area (Å²) in [6, 6.07) is 0. The van der Waals surface area contributed by atoms with Gasteiger partial charge in [-0.2, -0.15) is 0 Å². The van der Waals surface area contributed by atoms with Crippen LogP contribution in [0.3, 0.4) is 0 Å². The van der Waals surface area contributed by atoms with E-state index in [1.165, 1.54) is 109 Å². The number of aliphatic hydroxyl groups excluding tert-OH is 1. The first-order chi connectivity index (χ1) is 39.2. The van der Waals surface area contributed by atoms with Crippen molar-refractivity contribution >= 4 is 25.7 Å². The average molecular weight is 1140 g/mol. The molecule has 0 amide bonds. The molecule has 0 aromatic carbocycles. The third-order valence-electron chi connectivity index (χ3n) is 13.5. The zero-order valence-electron chi connectivity index (χ0n) is 51.0. The number of allylic oxidation sites excluding steroid dienone is 16. The number of ether oxygens (including phenoxy) is 3. The second-order valence-electron chi connectivity index (χ2n) is 21.2. The predicted molar refractivity (Wildman–Crippen MR) is 334 cm³/mol. The number of unbranched alkanes of at least 4 members (excludes halogenated alkanes) is 26. The Balaban J connectivity index is 4.77. The van der Waals surface area contributed by atoms with Gasteiger partial charge < -0.3 is 24.2 Å². The lowest BCUT2D eigenvalue weighted by molar-refractivity contribution is -0.161. The van der Waals surface area contributed by atoms with Crippen molar-refractivity contribution in [2.45, 2.75) is 290 Å². The molecule has 0 heterocycles. The third-order valence-corrected chi connectivity index (χ3v) is 14.4. The van der Waals surface area contributed by atoms with Crippen LogP contribution < -0.4 is 0 Å². The Kier molecular flexibility index (Phi) is 58.7. The molecular weight excluding hydrogens is 1020 g/mol. The van der Waals surface area contributed by atoms with Crippen molar-refractivity contribution in [1.29, 1.82) is 0 Å². The predicted octanol–water partition coefficient (Wildman–Crippen LogP) is 19.6. The van der Waals surface area contributed by atoms with Crippen molar-refractivity contribution in [3.05, 3.63) is 97.2 Å². The topological polar surface area (TPSA) is 155 Å². The van der Waals surface area contributed by atoms with Crippen LogP contribution in [0, 0.1) is 0 Å². The van der Waals surface area contributed by atoms with Gasteiger partial charge in [-0.15, -0.1) is 0 Å². The molecule has 0 aliphatic carbocycles. The molecule has 0 aliphatic heterocycles. The van der Waals surface area contributed by atoms with E-state index in [1.807, 2.05) is 0 Å². The summed E-state index contributed by atoms with van der Waals surface area (Å²) in [6.45, 7) is 4.46. The van der Waals surface area contributed by atoms with E-state index in [2.05, 4.69) is 118 Å². The highest BCUT2D eigenvalue weighted by molar-refractivity contribution is 7.47. The summed E-state index contributed by atoms with van der Waals surface area (Å²) in [4.78, 5) is 48.7. The van der Waals surface area contributed by atoms with Gasteiger partial charge in [-0.05, 0) is 122 Å². The lowest BCUT2D eigenvalue weighted by Crippen LogP contribution is -2.30. The molecule has 2 N–H and O–H groups in total. The van der Waals surface area contributed by atoms with E-state index in [-0.39, 0.29) is 25.9 Å². The molecule has 11 nitrogen and oxygen atoms in total. The second kappa shape index (κ2) is 61.5. The van der Waals surface area contributed by atoms with Gasteiger partial charge in [0, 0.05) is 19.3 Å². The maximum atomic E-state index is 13.0. The molecule has 0 fully saturated rings. The van der Waals surface area contributed by atoms with Crippen LogP contribution in [0.4, 0.5) is 0 Å². The fraction of sp³-hybridized carbons (Fsp3) is 0.721. The van der Waals surface area contributed by atoms with Gasteiger partial charge in [0.1, 0.15) is 12.7 Å². The summed E-state index contributed by atoms with van der Waals surface area (Å²) in [5.41, 5.74) is 0. The lowest BCUT2D eigenvalue weighted by atomic mass is 10.1. The normalized spacial score (nSPS) is 13.9. The number of carbonyl (C=O) groups excluding carboxylic acids is 3. The minimum absolute atomic E-state index is 0.121. The average Bonchev–Trinajstić information content (AvgIpc) is 3.45. The first-order valence-corrected chi connectivity index (χ1v) is 33.6. The Bertz CT molecular complexity index is 1710. The monoisotopic (exact) mass is 1140 g/mol. The SMILES string of the molecule is CC/C=C\C/C=C\C/C=C\C/C=C\CCCCC(=O)OC(CO)COP(=O)(O)OCC(COC(=O)CCCCCCCC/C=C\C/C=C\C/C=C\CCCCC)OC(=O)CCCCCCCCCCC/C=C\CCCCCCCC. The number of hydrogen-bond acceptors (Lipinski definition) is 10. The Labute approximate surface area is 489 Å². The van der Waals surface area contributed by atoms with Crippen LogP contribution in [0.2, 0.25) is 0 Å². The molecule has 0 saturated heterocycles. The van der Waals surface area contributed by atoms with Crippen molar-refractivity contribution < 1.29 is 52.2 Å². The van der Waals surface area contributed by atoms with Crippen LogP contribution in [-0.4, -0.2) is 66.5 Å². The van der Waals surface area contributed by atoms with E-state index in [0.29, 0.717) is 19.3 Å². The minimum atomic E-state index is -4.77. The molecule has 460 valence electrons. The van der Waals surface area contributed by atoms with Crippen molar-refractivity contribution in [3.8, 4) is 0 Å². The van der Waals surface area contributed by atoms with Crippen molar-refractivity contribution in [2.75, 3.05) is 26.4 Å². The lowest BCUT2D eigenvalue weighted by Gasteiger charge is -2.21. The van der Waals surface area contributed by atoms with E-state index >= 15 is 0 Å². The highest BCUT2D eigenvalue weighted by atomic mass is 31.2. The Morgan fingerprint density at radius 3 is 1.06 bits per heavy atom. The standard InChI is InChI=1S/C68H117O11P/c1-4-7-10-13-16-19-22-25-28-30-32-34-37-39-42-45-48-51-54-57-66(70)75-61-65(79-68(72)59-56-53-50-47-44-41-38-35-33-31-29-26-23-20-17-14-11-8-5-2)63-77-80(73,74)76-62-64(60-69)78-67(71)58-55-52-49-46-43-40-36-27-24-21-18-15-12-9-6-3/h9,12,16,18-19,21,25-29,32,34,36,43,46,64-65,69H,4-8,10-11,13-15,17,20,22-24,30-31,33,35,37-42,44-45,47-63H2,1-3H3,(H,73,74)/b12-9-,19-16-,21-18-,28-25-,29-26-,34-32-,36-27-,46-43-. The van der Waals surface area contributed by atoms with Gasteiger partial charge in [-0.3, -0.25) is 23.4 Å². The molecule has 80 heavy (non-hydrogen) atoms. The summed E-state index contributed by atoms with van der Waals surface area (Å²) >= 11 is 0. The Morgan fingerprint density at radius 2 is 0.650 bits per heavy atom. The number of phosphoric acid groups is 1. The fourth-order valence-corrected chi connectivity index (χ4v) is 9.37. The molecule has 0 rings (SSSR count). The number of esters is 3. The smallest absolute Gasteiger partial charge is 0.462 e. The quantitative estimate of drug-likeness (QED) is 0.0197. The summed E-state index contributed by atoms with van der Waals surface area (Å²) in [7, 11) is -4.77. The summed E-state index contributed by atoms with van der Waals surface area (Å²) < 4.78 is 39.6. The van der Waals surface area contributed by atoms with E-state index in [9.17, 15) is 28.9 Å². The molecular formula is C68H117O11P. The molecule has 0 bridgehead atoms. The van der Waals surface area contributed by atoms with Crippen LogP contribution in [0.25, 0.3) is 0 Å².